The van der Waals surface area contributed by atoms with Crippen LogP contribution in [-0.4, -0.2) is 20.6 Å². The van der Waals surface area contributed by atoms with Crippen molar-refractivity contribution in [2.45, 2.75) is 25.1 Å². The smallest absolute Gasteiger partial charge is 0.379 e. The zero-order valence-corrected chi connectivity index (χ0v) is 13.4. The second-order valence-electron chi connectivity index (χ2n) is 6.09. The third-order valence-corrected chi connectivity index (χ3v) is 3.96. The van der Waals surface area contributed by atoms with Crippen LogP contribution >= 0.6 is 0 Å². The molecule has 0 unspecified atom stereocenters. The van der Waals surface area contributed by atoms with Crippen molar-refractivity contribution in [1.82, 2.24) is 14.6 Å². The fraction of sp³-hybridized carbons (Fsp3) is 0.235. The minimum Gasteiger partial charge on any atom is -0.379 e. The molecule has 0 spiro atoms. The summed E-state index contributed by atoms with van der Waals surface area (Å²) in [7, 11) is 0. The molecule has 2 aromatic heterocycles. The quantitative estimate of drug-likeness (QED) is 0.739. The molecule has 0 aliphatic heterocycles. The maximum atomic E-state index is 13.0. The molecule has 132 valence electrons. The first kappa shape index (κ1) is 16.2. The number of hydrogen-bond donors (Lipinski definition) is 2. The molecule has 1 aliphatic carbocycles. The lowest BCUT2D eigenvalue weighted by atomic mass is 10.1. The van der Waals surface area contributed by atoms with Crippen molar-refractivity contribution >= 4 is 22.8 Å². The third-order valence-electron chi connectivity index (χ3n) is 3.96. The van der Waals surface area contributed by atoms with Gasteiger partial charge in [0.25, 0.3) is 0 Å². The largest absolute Gasteiger partial charge is 0.416 e. The minimum atomic E-state index is -4.54. The lowest BCUT2D eigenvalue weighted by Gasteiger charge is -2.13. The van der Waals surface area contributed by atoms with Gasteiger partial charge in [0.15, 0.2) is 11.5 Å². The van der Waals surface area contributed by atoms with Crippen molar-refractivity contribution in [3.05, 3.63) is 47.8 Å². The lowest BCUT2D eigenvalue weighted by Crippen LogP contribution is -2.08. The highest BCUT2D eigenvalue weighted by molar-refractivity contribution is 5.73. The molecule has 26 heavy (non-hydrogen) atoms. The first-order chi connectivity index (χ1) is 12.4. The van der Waals surface area contributed by atoms with E-state index >= 15 is 0 Å². The molecular formula is C17H13F3N6. The Morgan fingerprint density at radius 3 is 2.69 bits per heavy atom. The van der Waals surface area contributed by atoms with E-state index in [9.17, 15) is 13.2 Å². The normalized spacial score (nSPS) is 14.2. The van der Waals surface area contributed by atoms with Crippen LogP contribution < -0.4 is 10.6 Å². The monoisotopic (exact) mass is 358 g/mol. The van der Waals surface area contributed by atoms with Gasteiger partial charge in [-0.1, -0.05) is 0 Å². The summed E-state index contributed by atoms with van der Waals surface area (Å²) in [6.45, 7) is 0. The first-order valence-electron chi connectivity index (χ1n) is 7.93. The van der Waals surface area contributed by atoms with E-state index in [-0.39, 0.29) is 11.3 Å². The average Bonchev–Trinajstić information content (AvgIpc) is 3.27. The molecule has 1 aromatic carbocycles. The Kier molecular flexibility index (Phi) is 3.68. The van der Waals surface area contributed by atoms with Crippen LogP contribution in [0.3, 0.4) is 0 Å². The zero-order valence-electron chi connectivity index (χ0n) is 13.4. The van der Waals surface area contributed by atoms with Gasteiger partial charge in [0, 0.05) is 30.2 Å². The number of rotatable bonds is 4. The molecule has 4 rings (SSSR count). The molecule has 1 saturated carbocycles. The number of hydrogen-bond acceptors (Lipinski definition) is 5. The maximum Gasteiger partial charge on any atom is 0.416 e. The molecule has 0 radical (unpaired) electrons. The van der Waals surface area contributed by atoms with Crippen molar-refractivity contribution in [3.63, 3.8) is 0 Å². The summed E-state index contributed by atoms with van der Waals surface area (Å²) in [4.78, 5) is 4.24. The SMILES string of the molecule is N#Cc1cc(Nc2cc(NC3CC3)c3nccn3n2)cc(C(F)(F)F)c1. The van der Waals surface area contributed by atoms with Crippen molar-refractivity contribution in [2.75, 3.05) is 10.6 Å². The predicted molar refractivity (Wildman–Crippen MR) is 89.1 cm³/mol. The van der Waals surface area contributed by atoms with Crippen molar-refractivity contribution in [2.24, 2.45) is 0 Å². The van der Waals surface area contributed by atoms with E-state index in [1.165, 1.54) is 6.07 Å². The fourth-order valence-corrected chi connectivity index (χ4v) is 2.61. The van der Waals surface area contributed by atoms with Gasteiger partial charge >= 0.3 is 6.18 Å². The summed E-state index contributed by atoms with van der Waals surface area (Å²) >= 11 is 0. The Hall–Kier alpha value is -3.28. The van der Waals surface area contributed by atoms with Crippen molar-refractivity contribution < 1.29 is 13.2 Å². The fourth-order valence-electron chi connectivity index (χ4n) is 2.61. The second kappa shape index (κ2) is 5.91. The highest BCUT2D eigenvalue weighted by atomic mass is 19.4. The number of aromatic nitrogens is 3. The van der Waals surface area contributed by atoms with E-state index in [1.54, 1.807) is 29.0 Å². The van der Waals surface area contributed by atoms with Crippen molar-refractivity contribution in [3.8, 4) is 6.07 Å². The Labute approximate surface area is 146 Å². The zero-order chi connectivity index (χ0) is 18.3. The Bertz CT molecular complexity index is 1010. The molecule has 1 fully saturated rings. The molecule has 0 saturated heterocycles. The van der Waals surface area contributed by atoms with Crippen LogP contribution in [0, 0.1) is 11.3 Å². The minimum absolute atomic E-state index is 0.0811. The highest BCUT2D eigenvalue weighted by Crippen LogP contribution is 2.33. The van der Waals surface area contributed by atoms with Gasteiger partial charge in [-0.25, -0.2) is 9.50 Å². The molecule has 3 aromatic rings. The van der Waals surface area contributed by atoms with Crippen LogP contribution in [0.4, 0.5) is 30.4 Å². The molecule has 9 heteroatoms. The molecule has 0 atom stereocenters. The number of anilines is 3. The molecule has 6 nitrogen and oxygen atoms in total. The molecule has 0 bridgehead atoms. The molecule has 1 aliphatic rings. The number of nitriles is 1. The van der Waals surface area contributed by atoms with Gasteiger partial charge in [-0.3, -0.25) is 0 Å². The van der Waals surface area contributed by atoms with Crippen LogP contribution in [0.25, 0.3) is 5.65 Å². The number of alkyl halides is 3. The maximum absolute atomic E-state index is 13.0. The van der Waals surface area contributed by atoms with Crippen LogP contribution in [0.2, 0.25) is 0 Å². The van der Waals surface area contributed by atoms with Gasteiger partial charge in [-0.15, -0.1) is 5.10 Å². The van der Waals surface area contributed by atoms with Gasteiger partial charge in [0.1, 0.15) is 0 Å². The van der Waals surface area contributed by atoms with Gasteiger partial charge < -0.3 is 10.6 Å². The highest BCUT2D eigenvalue weighted by Gasteiger charge is 2.31. The van der Waals surface area contributed by atoms with Gasteiger partial charge in [-0.05, 0) is 31.0 Å². The summed E-state index contributed by atoms with van der Waals surface area (Å²) in [5.74, 6) is 0.349. The number of halogens is 3. The van der Waals surface area contributed by atoms with Crippen molar-refractivity contribution in [1.29, 1.82) is 5.26 Å². The molecular weight excluding hydrogens is 345 g/mol. The number of benzene rings is 1. The van der Waals surface area contributed by atoms with Crippen LogP contribution in [-0.2, 0) is 6.18 Å². The van der Waals surface area contributed by atoms with E-state index in [1.807, 2.05) is 0 Å². The van der Waals surface area contributed by atoms with Crippen LogP contribution in [0.5, 0.6) is 0 Å². The van der Waals surface area contributed by atoms with Crippen LogP contribution in [0.1, 0.15) is 24.0 Å². The predicted octanol–water partition coefficient (Wildman–Crippen LogP) is 3.94. The molecule has 0 amide bonds. The van der Waals surface area contributed by atoms with E-state index in [0.717, 1.165) is 30.7 Å². The van der Waals surface area contributed by atoms with E-state index in [2.05, 4.69) is 20.7 Å². The summed E-state index contributed by atoms with van der Waals surface area (Å²) in [6, 6.07) is 6.95. The Morgan fingerprint density at radius 1 is 1.19 bits per heavy atom. The number of nitrogens with zero attached hydrogens (tertiary/aromatic N) is 4. The summed E-state index contributed by atoms with van der Waals surface area (Å²) in [5, 5.41) is 19.5. The molecule has 2 heterocycles. The average molecular weight is 358 g/mol. The van der Waals surface area contributed by atoms with Gasteiger partial charge in [0.2, 0.25) is 0 Å². The lowest BCUT2D eigenvalue weighted by molar-refractivity contribution is -0.137. The standard InChI is InChI=1S/C17H13F3N6/c18-17(19,20)11-5-10(9-21)6-13(7-11)24-15-8-14(23-12-1-2-12)16-22-3-4-26(16)25-15/h3-8,12,23H,1-2H2,(H,24,25). The molecule has 2 N–H and O–H groups in total. The number of nitrogens with one attached hydrogen (secondary N) is 2. The summed E-state index contributed by atoms with van der Waals surface area (Å²) in [6.07, 6.45) is 0.853. The van der Waals surface area contributed by atoms with Crippen LogP contribution in [0.15, 0.2) is 36.7 Å². The number of imidazole rings is 1. The van der Waals surface area contributed by atoms with E-state index < -0.39 is 11.7 Å². The second-order valence-corrected chi connectivity index (χ2v) is 6.09. The third kappa shape index (κ3) is 3.26. The summed E-state index contributed by atoms with van der Waals surface area (Å²) < 4.78 is 40.6. The van der Waals surface area contributed by atoms with Gasteiger partial charge in [-0.2, -0.15) is 18.4 Å². The Balaban J connectivity index is 1.72. The first-order valence-corrected chi connectivity index (χ1v) is 7.93. The van der Waals surface area contributed by atoms with E-state index in [4.69, 9.17) is 5.26 Å². The topological polar surface area (TPSA) is 78.0 Å². The Morgan fingerprint density at radius 2 is 2.00 bits per heavy atom. The van der Waals surface area contributed by atoms with Gasteiger partial charge in [0.05, 0.1) is 22.9 Å². The van der Waals surface area contributed by atoms with E-state index in [0.29, 0.717) is 17.5 Å². The number of fused-ring (bicyclic) bond motifs is 1. The summed E-state index contributed by atoms with van der Waals surface area (Å²) in [5.41, 5.74) is 0.564.